The van der Waals surface area contributed by atoms with Crippen molar-refractivity contribution in [3.05, 3.63) is 70.7 Å². The number of non-ortho nitro benzene ring substituents is 1. The first-order valence-electron chi connectivity index (χ1n) is 7.31. The SMILES string of the molecule is CCSc1ncc(-c2cccc([N+](=O)[O-])c2)n1-c1ccc(F)cc1. The fourth-order valence-electron chi connectivity index (χ4n) is 2.39. The van der Waals surface area contributed by atoms with E-state index in [9.17, 15) is 14.5 Å². The molecule has 1 heterocycles. The van der Waals surface area contributed by atoms with Crippen LogP contribution in [0.25, 0.3) is 16.9 Å². The molecule has 3 aromatic rings. The second-order valence-corrected chi connectivity index (χ2v) is 6.21. The van der Waals surface area contributed by atoms with Gasteiger partial charge < -0.3 is 0 Å². The number of nitro groups is 1. The molecule has 0 saturated heterocycles. The monoisotopic (exact) mass is 343 g/mol. The maximum absolute atomic E-state index is 13.2. The van der Waals surface area contributed by atoms with Gasteiger partial charge in [-0.05, 0) is 30.0 Å². The van der Waals surface area contributed by atoms with E-state index in [0.717, 1.165) is 22.3 Å². The predicted molar refractivity (Wildman–Crippen MR) is 92.0 cm³/mol. The molecule has 3 rings (SSSR count). The lowest BCUT2D eigenvalue weighted by Gasteiger charge is -2.11. The van der Waals surface area contributed by atoms with Crippen LogP contribution in [0.15, 0.2) is 59.9 Å². The second kappa shape index (κ2) is 6.84. The third kappa shape index (κ3) is 3.16. The third-order valence-corrected chi connectivity index (χ3v) is 4.28. The van der Waals surface area contributed by atoms with Gasteiger partial charge in [-0.2, -0.15) is 0 Å². The van der Waals surface area contributed by atoms with Crippen LogP contribution in [0.2, 0.25) is 0 Å². The van der Waals surface area contributed by atoms with Crippen LogP contribution >= 0.6 is 11.8 Å². The molecule has 2 aromatic carbocycles. The smallest absolute Gasteiger partial charge is 0.270 e. The van der Waals surface area contributed by atoms with Gasteiger partial charge in [0, 0.05) is 23.4 Å². The summed E-state index contributed by atoms with van der Waals surface area (Å²) < 4.78 is 15.1. The van der Waals surface area contributed by atoms with Crippen molar-refractivity contribution in [2.75, 3.05) is 5.75 Å². The van der Waals surface area contributed by atoms with E-state index in [2.05, 4.69) is 4.98 Å². The molecule has 0 atom stereocenters. The Kier molecular flexibility index (Phi) is 4.61. The normalized spacial score (nSPS) is 10.8. The Hall–Kier alpha value is -2.67. The topological polar surface area (TPSA) is 61.0 Å². The van der Waals surface area contributed by atoms with E-state index in [1.807, 2.05) is 11.5 Å². The van der Waals surface area contributed by atoms with Crippen molar-refractivity contribution in [1.29, 1.82) is 0 Å². The Morgan fingerprint density at radius 1 is 1.25 bits per heavy atom. The lowest BCUT2D eigenvalue weighted by Crippen LogP contribution is -1.99. The summed E-state index contributed by atoms with van der Waals surface area (Å²) in [6.07, 6.45) is 1.68. The van der Waals surface area contributed by atoms with Gasteiger partial charge in [-0.25, -0.2) is 9.37 Å². The second-order valence-electron chi connectivity index (χ2n) is 4.98. The van der Waals surface area contributed by atoms with Gasteiger partial charge in [0.25, 0.3) is 5.69 Å². The Bertz CT molecular complexity index is 878. The first kappa shape index (κ1) is 16.2. The van der Waals surface area contributed by atoms with Crippen molar-refractivity contribution >= 4 is 17.4 Å². The number of aromatic nitrogens is 2. The summed E-state index contributed by atoms with van der Waals surface area (Å²) in [6.45, 7) is 2.02. The Morgan fingerprint density at radius 2 is 2.00 bits per heavy atom. The third-order valence-electron chi connectivity index (χ3n) is 3.44. The lowest BCUT2D eigenvalue weighted by molar-refractivity contribution is -0.384. The highest BCUT2D eigenvalue weighted by molar-refractivity contribution is 7.99. The van der Waals surface area contributed by atoms with E-state index in [1.165, 1.54) is 24.3 Å². The molecule has 0 amide bonds. The minimum absolute atomic E-state index is 0.0176. The highest BCUT2D eigenvalue weighted by Gasteiger charge is 2.16. The van der Waals surface area contributed by atoms with Gasteiger partial charge in [0.15, 0.2) is 5.16 Å². The van der Waals surface area contributed by atoms with Crippen LogP contribution in [-0.4, -0.2) is 20.2 Å². The minimum Gasteiger partial charge on any atom is -0.287 e. The molecule has 0 aliphatic carbocycles. The van der Waals surface area contributed by atoms with Crippen LogP contribution in [0.5, 0.6) is 0 Å². The number of hydrogen-bond acceptors (Lipinski definition) is 4. The molecular weight excluding hydrogens is 329 g/mol. The Labute approximate surface area is 142 Å². The summed E-state index contributed by atoms with van der Waals surface area (Å²) in [6, 6.07) is 12.5. The highest BCUT2D eigenvalue weighted by atomic mass is 32.2. The summed E-state index contributed by atoms with van der Waals surface area (Å²) in [5, 5.41) is 11.8. The number of thioether (sulfide) groups is 1. The minimum atomic E-state index is -0.427. The molecule has 0 fully saturated rings. The summed E-state index contributed by atoms with van der Waals surface area (Å²) in [7, 11) is 0. The zero-order valence-electron chi connectivity index (χ0n) is 12.8. The summed E-state index contributed by atoms with van der Waals surface area (Å²) >= 11 is 1.55. The van der Waals surface area contributed by atoms with Crippen molar-refractivity contribution in [2.45, 2.75) is 12.1 Å². The van der Waals surface area contributed by atoms with Gasteiger partial charge in [0.05, 0.1) is 16.8 Å². The van der Waals surface area contributed by atoms with Crippen LogP contribution in [0, 0.1) is 15.9 Å². The largest absolute Gasteiger partial charge is 0.287 e. The van der Waals surface area contributed by atoms with E-state index in [1.54, 1.807) is 42.2 Å². The number of rotatable bonds is 5. The molecule has 0 aliphatic rings. The average molecular weight is 343 g/mol. The van der Waals surface area contributed by atoms with Crippen molar-refractivity contribution in [3.63, 3.8) is 0 Å². The Morgan fingerprint density at radius 3 is 2.67 bits per heavy atom. The van der Waals surface area contributed by atoms with Crippen molar-refractivity contribution < 1.29 is 9.31 Å². The molecule has 122 valence electrons. The standard InChI is InChI=1S/C17H14FN3O2S/c1-2-24-17-19-11-16(12-4-3-5-15(10-12)21(22)23)20(17)14-8-6-13(18)7-9-14/h3-11H,2H2,1H3. The highest BCUT2D eigenvalue weighted by Crippen LogP contribution is 2.31. The number of imidazole rings is 1. The van der Waals surface area contributed by atoms with Crippen LogP contribution in [0.3, 0.4) is 0 Å². The molecule has 0 bridgehead atoms. The average Bonchev–Trinajstić information content (AvgIpc) is 3.00. The van der Waals surface area contributed by atoms with Crippen molar-refractivity contribution in [1.82, 2.24) is 9.55 Å². The first-order chi connectivity index (χ1) is 11.6. The van der Waals surface area contributed by atoms with Gasteiger partial charge in [-0.15, -0.1) is 0 Å². The predicted octanol–water partition coefficient (Wildman–Crippen LogP) is 4.70. The Balaban J connectivity index is 2.16. The zero-order valence-corrected chi connectivity index (χ0v) is 13.7. The molecule has 0 N–H and O–H groups in total. The molecular formula is C17H14FN3O2S. The fourth-order valence-corrected chi connectivity index (χ4v) is 3.11. The summed E-state index contributed by atoms with van der Waals surface area (Å²) in [5.74, 6) is 0.507. The number of benzene rings is 2. The van der Waals surface area contributed by atoms with E-state index in [0.29, 0.717) is 5.56 Å². The molecule has 7 heteroatoms. The number of hydrogen-bond donors (Lipinski definition) is 0. The molecule has 0 unspecified atom stereocenters. The van der Waals surface area contributed by atoms with Gasteiger partial charge in [0.1, 0.15) is 5.82 Å². The quantitative estimate of drug-likeness (QED) is 0.383. The van der Waals surface area contributed by atoms with E-state index >= 15 is 0 Å². The molecule has 0 aliphatic heterocycles. The van der Waals surface area contributed by atoms with Crippen LogP contribution < -0.4 is 0 Å². The van der Waals surface area contributed by atoms with Gasteiger partial charge in [0.2, 0.25) is 0 Å². The van der Waals surface area contributed by atoms with E-state index < -0.39 is 4.92 Å². The molecule has 0 radical (unpaired) electrons. The van der Waals surface area contributed by atoms with Crippen LogP contribution in [0.1, 0.15) is 6.92 Å². The van der Waals surface area contributed by atoms with Crippen LogP contribution in [-0.2, 0) is 0 Å². The number of nitro benzene ring substituents is 1. The molecule has 0 saturated carbocycles. The van der Waals surface area contributed by atoms with Crippen molar-refractivity contribution in [2.24, 2.45) is 0 Å². The summed E-state index contributed by atoms with van der Waals surface area (Å²) in [5.41, 5.74) is 2.18. The molecule has 1 aromatic heterocycles. The van der Waals surface area contributed by atoms with Crippen LogP contribution in [0.4, 0.5) is 10.1 Å². The first-order valence-corrected chi connectivity index (χ1v) is 8.30. The zero-order chi connectivity index (χ0) is 17.1. The fraction of sp³-hybridized carbons (Fsp3) is 0.118. The number of halogens is 1. The van der Waals surface area contributed by atoms with E-state index in [4.69, 9.17) is 0 Å². The van der Waals surface area contributed by atoms with E-state index in [-0.39, 0.29) is 11.5 Å². The molecule has 5 nitrogen and oxygen atoms in total. The van der Waals surface area contributed by atoms with Crippen molar-refractivity contribution in [3.8, 4) is 16.9 Å². The lowest BCUT2D eigenvalue weighted by atomic mass is 10.1. The molecule has 24 heavy (non-hydrogen) atoms. The maximum Gasteiger partial charge on any atom is 0.270 e. The van der Waals surface area contributed by atoms with Gasteiger partial charge in [-0.1, -0.05) is 30.8 Å². The summed E-state index contributed by atoms with van der Waals surface area (Å²) in [4.78, 5) is 15.0. The molecule has 0 spiro atoms. The van der Waals surface area contributed by atoms with Gasteiger partial charge >= 0.3 is 0 Å². The maximum atomic E-state index is 13.2. The number of nitrogens with zero attached hydrogens (tertiary/aromatic N) is 3. The van der Waals surface area contributed by atoms with Gasteiger partial charge in [-0.3, -0.25) is 14.7 Å².